The molecule has 0 N–H and O–H groups in total. The minimum absolute atomic E-state index is 0.506. The maximum Gasteiger partial charge on any atom is 0.119 e. The fourth-order valence-electron chi connectivity index (χ4n) is 3.58. The third-order valence-corrected chi connectivity index (χ3v) is 4.97. The van der Waals surface area contributed by atoms with Crippen molar-refractivity contribution in [1.29, 1.82) is 0 Å². The van der Waals surface area contributed by atoms with Gasteiger partial charge >= 0.3 is 0 Å². The van der Waals surface area contributed by atoms with Crippen molar-refractivity contribution in [3.05, 3.63) is 48.5 Å². The number of piperidine rings is 1. The molecule has 1 aromatic carbocycles. The maximum atomic E-state index is 5.24. The summed E-state index contributed by atoms with van der Waals surface area (Å²) in [5, 5.41) is 0. The smallest absolute Gasteiger partial charge is 0.119 e. The van der Waals surface area contributed by atoms with Crippen molar-refractivity contribution < 1.29 is 4.74 Å². The SMILES string of the molecule is COc1ccc(N2CCC(n3cnc4c(C)nccc43)CC2)cc1. The second-order valence-corrected chi connectivity index (χ2v) is 6.33. The molecule has 1 saturated heterocycles. The van der Waals surface area contributed by atoms with Crippen LogP contribution in [0.3, 0.4) is 0 Å². The topological polar surface area (TPSA) is 43.2 Å². The molecule has 124 valence electrons. The van der Waals surface area contributed by atoms with Crippen molar-refractivity contribution in [2.75, 3.05) is 25.1 Å². The molecule has 3 aromatic rings. The Morgan fingerprint density at radius 1 is 1.04 bits per heavy atom. The van der Waals surface area contributed by atoms with Crippen LogP contribution in [-0.2, 0) is 0 Å². The number of fused-ring (bicyclic) bond motifs is 1. The summed E-state index contributed by atoms with van der Waals surface area (Å²) in [6.07, 6.45) is 6.10. The van der Waals surface area contributed by atoms with Gasteiger partial charge in [-0.1, -0.05) is 0 Å². The fourth-order valence-corrected chi connectivity index (χ4v) is 3.58. The lowest BCUT2D eigenvalue weighted by Gasteiger charge is -2.34. The number of imidazole rings is 1. The lowest BCUT2D eigenvalue weighted by Crippen LogP contribution is -2.34. The Morgan fingerprint density at radius 2 is 1.79 bits per heavy atom. The van der Waals surface area contributed by atoms with Gasteiger partial charge in [-0.15, -0.1) is 0 Å². The molecule has 0 saturated carbocycles. The van der Waals surface area contributed by atoms with Crippen LogP contribution in [0.2, 0.25) is 0 Å². The number of pyridine rings is 1. The first-order valence-electron chi connectivity index (χ1n) is 8.43. The van der Waals surface area contributed by atoms with Gasteiger partial charge in [0.25, 0.3) is 0 Å². The Balaban J connectivity index is 1.50. The third-order valence-electron chi connectivity index (χ3n) is 4.97. The summed E-state index contributed by atoms with van der Waals surface area (Å²) in [5.41, 5.74) is 4.49. The molecule has 2 aromatic heterocycles. The molecule has 0 unspecified atom stereocenters. The summed E-state index contributed by atoms with van der Waals surface area (Å²) in [6.45, 7) is 4.13. The first-order valence-corrected chi connectivity index (χ1v) is 8.43. The lowest BCUT2D eigenvalue weighted by atomic mass is 10.0. The second kappa shape index (κ2) is 6.15. The first-order chi connectivity index (χ1) is 11.8. The van der Waals surface area contributed by atoms with E-state index in [2.05, 4.69) is 37.6 Å². The van der Waals surface area contributed by atoms with Crippen molar-refractivity contribution >= 4 is 16.7 Å². The number of aryl methyl sites for hydroxylation is 1. The van der Waals surface area contributed by atoms with Gasteiger partial charge in [-0.3, -0.25) is 4.98 Å². The Labute approximate surface area is 141 Å². The van der Waals surface area contributed by atoms with Gasteiger partial charge in [-0.05, 0) is 50.1 Å². The van der Waals surface area contributed by atoms with Crippen LogP contribution in [0.1, 0.15) is 24.6 Å². The number of benzene rings is 1. The van der Waals surface area contributed by atoms with E-state index < -0.39 is 0 Å². The van der Waals surface area contributed by atoms with Crippen molar-refractivity contribution in [3.63, 3.8) is 0 Å². The van der Waals surface area contributed by atoms with E-state index in [1.807, 2.05) is 31.6 Å². The molecule has 0 aliphatic carbocycles. The Morgan fingerprint density at radius 3 is 2.50 bits per heavy atom. The van der Waals surface area contributed by atoms with Crippen LogP contribution < -0.4 is 9.64 Å². The quantitative estimate of drug-likeness (QED) is 0.739. The zero-order valence-electron chi connectivity index (χ0n) is 14.1. The van der Waals surface area contributed by atoms with E-state index in [-0.39, 0.29) is 0 Å². The standard InChI is InChI=1S/C19H22N4O/c1-14-19-18(7-10-20-14)23(13-21-19)16-8-11-22(12-9-16)15-3-5-17(24-2)6-4-15/h3-7,10,13,16H,8-9,11-12H2,1-2H3. The summed E-state index contributed by atoms with van der Waals surface area (Å²) in [6, 6.07) is 10.9. The van der Waals surface area contributed by atoms with Gasteiger partial charge in [0.15, 0.2) is 0 Å². The molecule has 4 rings (SSSR count). The van der Waals surface area contributed by atoms with E-state index in [4.69, 9.17) is 4.74 Å². The normalized spacial score (nSPS) is 15.8. The van der Waals surface area contributed by atoms with Crippen LogP contribution >= 0.6 is 0 Å². The van der Waals surface area contributed by atoms with Crippen molar-refractivity contribution in [1.82, 2.24) is 14.5 Å². The predicted molar refractivity (Wildman–Crippen MR) is 95.7 cm³/mol. The highest BCUT2D eigenvalue weighted by Gasteiger charge is 2.22. The minimum Gasteiger partial charge on any atom is -0.497 e. The van der Waals surface area contributed by atoms with Gasteiger partial charge in [0.1, 0.15) is 11.3 Å². The molecule has 1 aliphatic heterocycles. The molecule has 0 radical (unpaired) electrons. The first kappa shape index (κ1) is 15.0. The number of aromatic nitrogens is 3. The molecule has 5 heteroatoms. The molecular formula is C19H22N4O. The number of hydrogen-bond acceptors (Lipinski definition) is 4. The van der Waals surface area contributed by atoms with E-state index in [9.17, 15) is 0 Å². The van der Waals surface area contributed by atoms with E-state index in [1.165, 1.54) is 11.2 Å². The van der Waals surface area contributed by atoms with Gasteiger partial charge < -0.3 is 14.2 Å². The second-order valence-electron chi connectivity index (χ2n) is 6.33. The summed E-state index contributed by atoms with van der Waals surface area (Å²) >= 11 is 0. The molecule has 1 fully saturated rings. The van der Waals surface area contributed by atoms with E-state index >= 15 is 0 Å². The number of hydrogen-bond donors (Lipinski definition) is 0. The van der Waals surface area contributed by atoms with Crippen LogP contribution in [0.25, 0.3) is 11.0 Å². The van der Waals surface area contributed by atoms with Crippen LogP contribution in [0.15, 0.2) is 42.9 Å². The van der Waals surface area contributed by atoms with Gasteiger partial charge in [-0.2, -0.15) is 0 Å². The van der Waals surface area contributed by atoms with Gasteiger partial charge in [0.05, 0.1) is 24.6 Å². The highest BCUT2D eigenvalue weighted by molar-refractivity contribution is 5.77. The summed E-state index contributed by atoms with van der Waals surface area (Å²) < 4.78 is 7.57. The summed E-state index contributed by atoms with van der Waals surface area (Å²) in [7, 11) is 1.70. The Hall–Kier alpha value is -2.56. The summed E-state index contributed by atoms with van der Waals surface area (Å²) in [5.74, 6) is 0.905. The minimum atomic E-state index is 0.506. The average Bonchev–Trinajstić information content (AvgIpc) is 3.07. The number of anilines is 1. The van der Waals surface area contributed by atoms with Crippen molar-refractivity contribution in [2.45, 2.75) is 25.8 Å². The van der Waals surface area contributed by atoms with Crippen LogP contribution in [0.4, 0.5) is 5.69 Å². The van der Waals surface area contributed by atoms with Crippen LogP contribution in [0, 0.1) is 6.92 Å². The Kier molecular flexibility index (Phi) is 3.84. The van der Waals surface area contributed by atoms with Gasteiger partial charge in [0.2, 0.25) is 0 Å². The fraction of sp³-hybridized carbons (Fsp3) is 0.368. The van der Waals surface area contributed by atoms with E-state index in [1.54, 1.807) is 7.11 Å². The largest absolute Gasteiger partial charge is 0.497 e. The van der Waals surface area contributed by atoms with Gasteiger partial charge in [0, 0.05) is 31.0 Å². The maximum absolute atomic E-state index is 5.24. The lowest BCUT2D eigenvalue weighted by molar-refractivity contribution is 0.403. The molecule has 1 aliphatic rings. The zero-order valence-corrected chi connectivity index (χ0v) is 14.1. The van der Waals surface area contributed by atoms with Crippen LogP contribution in [0.5, 0.6) is 5.75 Å². The molecule has 0 amide bonds. The van der Waals surface area contributed by atoms with Crippen LogP contribution in [-0.4, -0.2) is 34.7 Å². The monoisotopic (exact) mass is 322 g/mol. The number of rotatable bonds is 3. The number of nitrogens with zero attached hydrogens (tertiary/aromatic N) is 4. The molecule has 0 spiro atoms. The molecule has 24 heavy (non-hydrogen) atoms. The van der Waals surface area contributed by atoms with Crippen molar-refractivity contribution in [2.24, 2.45) is 0 Å². The predicted octanol–water partition coefficient (Wildman–Crippen LogP) is 3.59. The summed E-state index contributed by atoms with van der Waals surface area (Å²) in [4.78, 5) is 11.3. The van der Waals surface area contributed by atoms with E-state index in [0.717, 1.165) is 42.9 Å². The zero-order chi connectivity index (χ0) is 16.5. The number of ether oxygens (including phenoxy) is 1. The highest BCUT2D eigenvalue weighted by atomic mass is 16.5. The highest BCUT2D eigenvalue weighted by Crippen LogP contribution is 2.30. The molecule has 0 atom stereocenters. The Bertz CT molecular complexity index is 832. The van der Waals surface area contributed by atoms with Gasteiger partial charge in [-0.25, -0.2) is 4.98 Å². The molecule has 5 nitrogen and oxygen atoms in total. The molecule has 0 bridgehead atoms. The van der Waals surface area contributed by atoms with E-state index in [0.29, 0.717) is 6.04 Å². The van der Waals surface area contributed by atoms with Crippen molar-refractivity contribution in [3.8, 4) is 5.75 Å². The third kappa shape index (κ3) is 2.60. The average molecular weight is 322 g/mol. The molecular weight excluding hydrogens is 300 g/mol. The molecule has 3 heterocycles. The number of methoxy groups -OCH3 is 1.